The van der Waals surface area contributed by atoms with Crippen molar-refractivity contribution in [3.05, 3.63) is 71.2 Å². The van der Waals surface area contributed by atoms with Crippen LogP contribution in [-0.4, -0.2) is 46.8 Å². The number of hydrogen-bond acceptors (Lipinski definition) is 6. The van der Waals surface area contributed by atoms with Crippen LogP contribution in [0.1, 0.15) is 41.3 Å². The minimum atomic E-state index is -0.379. The molecule has 3 heterocycles. The van der Waals surface area contributed by atoms with Crippen molar-refractivity contribution in [2.45, 2.75) is 33.6 Å². The lowest BCUT2D eigenvalue weighted by Gasteiger charge is -2.23. The van der Waals surface area contributed by atoms with Gasteiger partial charge in [-0.2, -0.15) is 0 Å². The lowest BCUT2D eigenvalue weighted by Crippen LogP contribution is -2.23. The van der Waals surface area contributed by atoms with Gasteiger partial charge in [-0.05, 0) is 68.9 Å². The van der Waals surface area contributed by atoms with E-state index in [9.17, 15) is 9.18 Å². The highest BCUT2D eigenvalue weighted by Crippen LogP contribution is 2.31. The molecule has 0 spiro atoms. The number of carbonyl (C=O) groups is 1. The summed E-state index contributed by atoms with van der Waals surface area (Å²) in [5.41, 5.74) is 5.32. The molecule has 38 heavy (non-hydrogen) atoms. The van der Waals surface area contributed by atoms with Gasteiger partial charge in [-0.25, -0.2) is 13.9 Å². The zero-order valence-corrected chi connectivity index (χ0v) is 21.9. The lowest BCUT2D eigenvalue weighted by atomic mass is 10.0. The van der Waals surface area contributed by atoms with Gasteiger partial charge >= 0.3 is 0 Å². The van der Waals surface area contributed by atoms with E-state index in [-0.39, 0.29) is 11.7 Å². The number of imidazole rings is 1. The summed E-state index contributed by atoms with van der Waals surface area (Å²) in [7, 11) is 0. The molecule has 0 radical (unpaired) electrons. The molecule has 4 aromatic rings. The third-order valence-electron chi connectivity index (χ3n) is 6.84. The molecule has 1 aliphatic heterocycles. The SMILES string of the molecule is CCNC(=O)c1ccc(-c2cnc3c(NCC4CCOCC4)cc(Oc4cc(F)ccc4C)nn23)cc1C. The molecule has 9 heteroatoms. The maximum absolute atomic E-state index is 14.0. The molecule has 0 saturated carbocycles. The van der Waals surface area contributed by atoms with E-state index in [4.69, 9.17) is 14.6 Å². The van der Waals surface area contributed by atoms with Crippen LogP contribution in [0.25, 0.3) is 16.9 Å². The molecule has 0 atom stereocenters. The van der Waals surface area contributed by atoms with Gasteiger partial charge in [-0.1, -0.05) is 12.1 Å². The summed E-state index contributed by atoms with van der Waals surface area (Å²) in [5.74, 6) is 0.724. The molecule has 5 rings (SSSR count). The van der Waals surface area contributed by atoms with Crippen LogP contribution in [0.15, 0.2) is 48.7 Å². The first-order valence-corrected chi connectivity index (χ1v) is 13.0. The quantitative estimate of drug-likeness (QED) is 0.319. The fraction of sp³-hybridized carbons (Fsp3) is 0.345. The minimum Gasteiger partial charge on any atom is -0.437 e. The number of ether oxygens (including phenoxy) is 2. The van der Waals surface area contributed by atoms with Crippen molar-refractivity contribution in [3.8, 4) is 22.9 Å². The van der Waals surface area contributed by atoms with Crippen molar-refractivity contribution in [1.29, 1.82) is 0 Å². The van der Waals surface area contributed by atoms with Gasteiger partial charge < -0.3 is 20.1 Å². The first-order chi connectivity index (χ1) is 18.4. The van der Waals surface area contributed by atoms with E-state index in [0.29, 0.717) is 35.3 Å². The van der Waals surface area contributed by atoms with Crippen LogP contribution in [0.5, 0.6) is 11.6 Å². The van der Waals surface area contributed by atoms with Crippen molar-refractivity contribution in [2.24, 2.45) is 5.92 Å². The molecule has 2 aromatic carbocycles. The highest BCUT2D eigenvalue weighted by Gasteiger charge is 2.19. The Hall–Kier alpha value is -3.98. The summed E-state index contributed by atoms with van der Waals surface area (Å²) >= 11 is 0. The standard InChI is InChI=1S/C29H32FN5O3/c1-4-31-29(36)23-8-6-21(13-19(23)3)25-17-33-28-24(32-16-20-9-11-37-12-10-20)15-27(34-35(25)28)38-26-14-22(30)7-5-18(26)2/h5-8,13-15,17,20,32H,4,9-12,16H2,1-3H3,(H,31,36). The lowest BCUT2D eigenvalue weighted by molar-refractivity contribution is 0.0699. The maximum atomic E-state index is 14.0. The largest absolute Gasteiger partial charge is 0.437 e. The van der Waals surface area contributed by atoms with Crippen LogP contribution in [0.2, 0.25) is 0 Å². The molecule has 198 valence electrons. The van der Waals surface area contributed by atoms with Crippen molar-refractivity contribution >= 4 is 17.2 Å². The highest BCUT2D eigenvalue weighted by molar-refractivity contribution is 5.96. The Morgan fingerprint density at radius 3 is 2.71 bits per heavy atom. The summed E-state index contributed by atoms with van der Waals surface area (Å²) in [5, 5.41) is 11.1. The zero-order chi connectivity index (χ0) is 26.6. The molecule has 1 amide bonds. The van der Waals surface area contributed by atoms with Crippen molar-refractivity contribution in [2.75, 3.05) is 31.6 Å². The van der Waals surface area contributed by atoms with Crippen LogP contribution < -0.4 is 15.4 Å². The normalized spacial score (nSPS) is 14.0. The van der Waals surface area contributed by atoms with Crippen molar-refractivity contribution in [1.82, 2.24) is 19.9 Å². The molecule has 1 aliphatic rings. The van der Waals surface area contributed by atoms with Crippen LogP contribution >= 0.6 is 0 Å². The topological polar surface area (TPSA) is 89.8 Å². The van der Waals surface area contributed by atoms with E-state index >= 15 is 0 Å². The van der Waals surface area contributed by atoms with E-state index in [2.05, 4.69) is 15.6 Å². The number of benzene rings is 2. The molecule has 0 unspecified atom stereocenters. The number of halogens is 1. The second kappa shape index (κ2) is 11.2. The Kier molecular flexibility index (Phi) is 7.55. The monoisotopic (exact) mass is 517 g/mol. The van der Waals surface area contributed by atoms with E-state index in [1.807, 2.05) is 39.0 Å². The van der Waals surface area contributed by atoms with Gasteiger partial charge in [0.1, 0.15) is 11.6 Å². The van der Waals surface area contributed by atoms with Gasteiger partial charge in [0, 0.05) is 49.6 Å². The molecule has 8 nitrogen and oxygen atoms in total. The smallest absolute Gasteiger partial charge is 0.251 e. The average Bonchev–Trinajstić information content (AvgIpc) is 3.34. The first kappa shape index (κ1) is 25.7. The van der Waals surface area contributed by atoms with Crippen LogP contribution in [0.3, 0.4) is 0 Å². The Labute approximate surface area is 221 Å². The number of rotatable bonds is 8. The van der Waals surface area contributed by atoms with Gasteiger partial charge in [-0.15, -0.1) is 5.10 Å². The molecular weight excluding hydrogens is 485 g/mol. The van der Waals surface area contributed by atoms with Crippen molar-refractivity contribution < 1.29 is 18.7 Å². The molecule has 1 saturated heterocycles. The van der Waals surface area contributed by atoms with Crippen LogP contribution in [-0.2, 0) is 4.74 Å². The second-order valence-corrected chi connectivity index (χ2v) is 9.61. The van der Waals surface area contributed by atoms with Gasteiger partial charge in [0.15, 0.2) is 5.65 Å². The summed E-state index contributed by atoms with van der Waals surface area (Å²) in [4.78, 5) is 17.1. The fourth-order valence-electron chi connectivity index (χ4n) is 4.66. The Morgan fingerprint density at radius 1 is 1.13 bits per heavy atom. The Bertz CT molecular complexity index is 1460. The maximum Gasteiger partial charge on any atom is 0.251 e. The number of nitrogens with one attached hydrogen (secondary N) is 2. The van der Waals surface area contributed by atoms with Gasteiger partial charge in [0.2, 0.25) is 5.88 Å². The molecular formula is C29H32FN5O3. The third-order valence-corrected chi connectivity index (χ3v) is 6.84. The average molecular weight is 518 g/mol. The zero-order valence-electron chi connectivity index (χ0n) is 21.9. The van der Waals surface area contributed by atoms with Crippen LogP contribution in [0.4, 0.5) is 10.1 Å². The van der Waals surface area contributed by atoms with Gasteiger partial charge in [0.05, 0.1) is 17.6 Å². The minimum absolute atomic E-state index is 0.103. The number of aryl methyl sites for hydroxylation is 2. The molecule has 2 N–H and O–H groups in total. The Balaban J connectivity index is 1.54. The van der Waals surface area contributed by atoms with Crippen LogP contribution in [0, 0.1) is 25.6 Å². The molecule has 1 fully saturated rings. The van der Waals surface area contributed by atoms with E-state index < -0.39 is 0 Å². The number of aromatic nitrogens is 3. The predicted octanol–water partition coefficient (Wildman–Crippen LogP) is 5.53. The Morgan fingerprint density at radius 2 is 1.95 bits per heavy atom. The van der Waals surface area contributed by atoms with Gasteiger partial charge in [-0.3, -0.25) is 4.79 Å². The fourth-order valence-corrected chi connectivity index (χ4v) is 4.66. The number of nitrogens with zero attached hydrogens (tertiary/aromatic N) is 3. The van der Waals surface area contributed by atoms with E-state index in [0.717, 1.165) is 60.7 Å². The molecule has 0 aliphatic carbocycles. The number of fused-ring (bicyclic) bond motifs is 1. The summed E-state index contributed by atoms with van der Waals surface area (Å²) in [6.07, 6.45) is 3.76. The summed E-state index contributed by atoms with van der Waals surface area (Å²) in [6, 6.07) is 11.9. The third kappa shape index (κ3) is 5.47. The highest BCUT2D eigenvalue weighted by atomic mass is 19.1. The summed E-state index contributed by atoms with van der Waals surface area (Å²) < 4.78 is 27.3. The van der Waals surface area contributed by atoms with E-state index in [1.54, 1.807) is 22.8 Å². The molecule has 2 aromatic heterocycles. The summed E-state index contributed by atoms with van der Waals surface area (Å²) in [6.45, 7) is 8.53. The number of anilines is 1. The number of hydrogen-bond donors (Lipinski definition) is 2. The van der Waals surface area contributed by atoms with Gasteiger partial charge in [0.25, 0.3) is 5.91 Å². The second-order valence-electron chi connectivity index (χ2n) is 9.61. The first-order valence-electron chi connectivity index (χ1n) is 13.0. The van der Waals surface area contributed by atoms with Crippen molar-refractivity contribution in [3.63, 3.8) is 0 Å². The number of carbonyl (C=O) groups excluding carboxylic acids is 1. The van der Waals surface area contributed by atoms with E-state index in [1.165, 1.54) is 12.1 Å². The predicted molar refractivity (Wildman–Crippen MR) is 144 cm³/mol. The number of amides is 1. The molecule has 0 bridgehead atoms.